The first kappa shape index (κ1) is 15.7. The molecular formula is C15H16FN3O3. The second-order valence-corrected chi connectivity index (χ2v) is 4.75. The minimum atomic E-state index is -0.486. The lowest BCUT2D eigenvalue weighted by atomic mass is 10.2. The second kappa shape index (κ2) is 6.84. The average Bonchev–Trinajstić information content (AvgIpc) is 2.49. The second-order valence-electron chi connectivity index (χ2n) is 4.75. The van der Waals surface area contributed by atoms with E-state index in [1.807, 2.05) is 0 Å². The molecule has 1 aromatic heterocycles. The molecule has 1 amide bonds. The van der Waals surface area contributed by atoms with E-state index in [2.05, 4.69) is 4.98 Å². The molecule has 0 radical (unpaired) electrons. The minimum Gasteiger partial charge on any atom is -0.494 e. The molecule has 0 atom stereocenters. The molecule has 0 aliphatic heterocycles. The smallest absolute Gasteiger partial charge is 0.347 e. The van der Waals surface area contributed by atoms with Crippen LogP contribution in [0.1, 0.15) is 5.56 Å². The van der Waals surface area contributed by atoms with Gasteiger partial charge in [-0.15, -0.1) is 0 Å². The molecular weight excluding hydrogens is 289 g/mol. The van der Waals surface area contributed by atoms with Gasteiger partial charge in [-0.1, -0.05) is 6.07 Å². The third-order valence-corrected chi connectivity index (χ3v) is 3.15. The fourth-order valence-electron chi connectivity index (χ4n) is 1.94. The molecule has 0 N–H and O–H groups in total. The molecule has 0 aliphatic carbocycles. The van der Waals surface area contributed by atoms with Gasteiger partial charge in [0.05, 0.1) is 7.11 Å². The predicted molar refractivity (Wildman–Crippen MR) is 77.9 cm³/mol. The number of hydrogen-bond donors (Lipinski definition) is 0. The largest absolute Gasteiger partial charge is 0.494 e. The highest BCUT2D eigenvalue weighted by Crippen LogP contribution is 2.18. The molecule has 2 rings (SSSR count). The summed E-state index contributed by atoms with van der Waals surface area (Å²) in [7, 11) is 2.98. The number of methoxy groups -OCH3 is 1. The first-order valence-electron chi connectivity index (χ1n) is 6.59. The normalized spacial score (nSPS) is 10.3. The fraction of sp³-hybridized carbons (Fsp3) is 0.267. The summed E-state index contributed by atoms with van der Waals surface area (Å²) in [5.74, 6) is -0.602. The number of rotatable bonds is 5. The summed E-state index contributed by atoms with van der Waals surface area (Å²) in [6.45, 7) is 0.122. The zero-order valence-electron chi connectivity index (χ0n) is 12.3. The van der Waals surface area contributed by atoms with E-state index in [4.69, 9.17) is 4.74 Å². The summed E-state index contributed by atoms with van der Waals surface area (Å²) in [5.41, 5.74) is 0.146. The van der Waals surface area contributed by atoms with Gasteiger partial charge in [0.15, 0.2) is 11.6 Å². The van der Waals surface area contributed by atoms with Crippen LogP contribution in [0.25, 0.3) is 0 Å². The number of hydrogen-bond acceptors (Lipinski definition) is 4. The van der Waals surface area contributed by atoms with E-state index in [0.29, 0.717) is 5.56 Å². The van der Waals surface area contributed by atoms with Gasteiger partial charge in [-0.2, -0.15) is 0 Å². The van der Waals surface area contributed by atoms with Gasteiger partial charge in [0.25, 0.3) is 0 Å². The fourth-order valence-corrected chi connectivity index (χ4v) is 1.94. The number of carbonyl (C=O) groups excluding carboxylic acids is 1. The van der Waals surface area contributed by atoms with E-state index in [1.54, 1.807) is 19.2 Å². The minimum absolute atomic E-state index is 0.109. The Hall–Kier alpha value is -2.70. The van der Waals surface area contributed by atoms with Crippen molar-refractivity contribution in [2.45, 2.75) is 13.1 Å². The molecule has 7 heteroatoms. The SMILES string of the molecule is COc1ccc(CN(C)C(=O)Cn2cccnc2=O)cc1F. The number of carbonyl (C=O) groups is 1. The number of halogens is 1. The molecule has 0 bridgehead atoms. The Balaban J connectivity index is 2.04. The van der Waals surface area contributed by atoms with Crippen LogP contribution in [0.3, 0.4) is 0 Å². The van der Waals surface area contributed by atoms with Gasteiger partial charge < -0.3 is 9.64 Å². The van der Waals surface area contributed by atoms with E-state index >= 15 is 0 Å². The maximum absolute atomic E-state index is 13.6. The molecule has 1 aromatic carbocycles. The molecule has 1 heterocycles. The highest BCUT2D eigenvalue weighted by atomic mass is 19.1. The lowest BCUT2D eigenvalue weighted by Gasteiger charge is -2.18. The molecule has 0 fully saturated rings. The molecule has 0 saturated heterocycles. The van der Waals surface area contributed by atoms with Gasteiger partial charge in [-0.05, 0) is 23.8 Å². The van der Waals surface area contributed by atoms with Crippen molar-refractivity contribution in [1.82, 2.24) is 14.5 Å². The third kappa shape index (κ3) is 3.69. The number of nitrogens with zero attached hydrogens (tertiary/aromatic N) is 3. The zero-order valence-corrected chi connectivity index (χ0v) is 12.3. The lowest BCUT2D eigenvalue weighted by molar-refractivity contribution is -0.131. The van der Waals surface area contributed by atoms with Crippen LogP contribution in [0.15, 0.2) is 41.5 Å². The standard InChI is InChI=1S/C15H16FN3O3/c1-18(9-11-4-5-13(22-2)12(16)8-11)14(20)10-19-7-3-6-17-15(19)21/h3-8H,9-10H2,1-2H3. The van der Waals surface area contributed by atoms with Gasteiger partial charge in [-0.3, -0.25) is 9.36 Å². The predicted octanol–water partition coefficient (Wildman–Crippen LogP) is 1.05. The molecule has 116 valence electrons. The summed E-state index contributed by atoms with van der Waals surface area (Å²) in [5, 5.41) is 0. The van der Waals surface area contributed by atoms with E-state index in [9.17, 15) is 14.0 Å². The molecule has 6 nitrogen and oxygen atoms in total. The van der Waals surface area contributed by atoms with Gasteiger partial charge >= 0.3 is 5.69 Å². The van der Waals surface area contributed by atoms with E-state index in [0.717, 1.165) is 0 Å². The first-order valence-corrected chi connectivity index (χ1v) is 6.59. The first-order chi connectivity index (χ1) is 10.5. The quantitative estimate of drug-likeness (QED) is 0.828. The maximum Gasteiger partial charge on any atom is 0.347 e. The monoisotopic (exact) mass is 305 g/mol. The van der Waals surface area contributed by atoms with Crippen LogP contribution in [0.4, 0.5) is 4.39 Å². The van der Waals surface area contributed by atoms with Crippen LogP contribution in [0.2, 0.25) is 0 Å². The Kier molecular flexibility index (Phi) is 4.88. The van der Waals surface area contributed by atoms with Crippen molar-refractivity contribution < 1.29 is 13.9 Å². The van der Waals surface area contributed by atoms with Crippen molar-refractivity contribution in [2.24, 2.45) is 0 Å². The Morgan fingerprint density at radius 2 is 2.23 bits per heavy atom. The van der Waals surface area contributed by atoms with Crippen LogP contribution in [-0.2, 0) is 17.9 Å². The van der Waals surface area contributed by atoms with Crippen LogP contribution in [0, 0.1) is 5.82 Å². The van der Waals surface area contributed by atoms with Crippen LogP contribution < -0.4 is 10.4 Å². The Bertz CT molecular complexity index is 730. The van der Waals surface area contributed by atoms with Crippen molar-refractivity contribution >= 4 is 5.91 Å². The molecule has 0 spiro atoms. The van der Waals surface area contributed by atoms with Gasteiger partial charge in [0.2, 0.25) is 5.91 Å². The number of benzene rings is 1. The highest BCUT2D eigenvalue weighted by Gasteiger charge is 2.12. The van der Waals surface area contributed by atoms with Crippen LogP contribution in [0.5, 0.6) is 5.75 Å². The Morgan fingerprint density at radius 3 is 2.86 bits per heavy atom. The molecule has 0 aliphatic rings. The average molecular weight is 305 g/mol. The van der Waals surface area contributed by atoms with Crippen LogP contribution >= 0.6 is 0 Å². The lowest BCUT2D eigenvalue weighted by Crippen LogP contribution is -2.34. The number of likely N-dealkylation sites (N-methyl/N-ethyl adjacent to an activating group) is 1. The van der Waals surface area contributed by atoms with Crippen LogP contribution in [-0.4, -0.2) is 34.5 Å². The van der Waals surface area contributed by atoms with Crippen molar-refractivity contribution in [3.8, 4) is 5.75 Å². The van der Waals surface area contributed by atoms with Gasteiger partial charge in [0.1, 0.15) is 6.54 Å². The summed E-state index contributed by atoms with van der Waals surface area (Å²) in [6, 6.07) is 6.09. The van der Waals surface area contributed by atoms with Gasteiger partial charge in [0, 0.05) is 26.0 Å². The molecule has 2 aromatic rings. The van der Waals surface area contributed by atoms with Gasteiger partial charge in [-0.25, -0.2) is 14.2 Å². The zero-order chi connectivity index (χ0) is 16.1. The van der Waals surface area contributed by atoms with Crippen molar-refractivity contribution in [3.63, 3.8) is 0 Å². The summed E-state index contributed by atoms with van der Waals surface area (Å²) < 4.78 is 19.7. The Morgan fingerprint density at radius 1 is 1.45 bits per heavy atom. The van der Waals surface area contributed by atoms with E-state index in [1.165, 1.54) is 41.1 Å². The van der Waals surface area contributed by atoms with Crippen molar-refractivity contribution in [1.29, 1.82) is 0 Å². The third-order valence-electron chi connectivity index (χ3n) is 3.15. The molecule has 0 saturated carbocycles. The molecule has 0 unspecified atom stereocenters. The van der Waals surface area contributed by atoms with E-state index < -0.39 is 11.5 Å². The van der Waals surface area contributed by atoms with Crippen molar-refractivity contribution in [3.05, 3.63) is 58.5 Å². The highest BCUT2D eigenvalue weighted by molar-refractivity contribution is 5.75. The number of aromatic nitrogens is 2. The number of amides is 1. The topological polar surface area (TPSA) is 64.4 Å². The Labute approximate surface area is 126 Å². The van der Waals surface area contributed by atoms with E-state index in [-0.39, 0.29) is 24.7 Å². The summed E-state index contributed by atoms with van der Waals surface area (Å²) >= 11 is 0. The summed E-state index contributed by atoms with van der Waals surface area (Å²) in [6.07, 6.45) is 2.86. The molecule has 22 heavy (non-hydrogen) atoms. The number of ether oxygens (including phenoxy) is 1. The summed E-state index contributed by atoms with van der Waals surface area (Å²) in [4.78, 5) is 28.6. The maximum atomic E-state index is 13.6. The van der Waals surface area contributed by atoms with Crippen molar-refractivity contribution in [2.75, 3.05) is 14.2 Å².